The molecule has 123 valence electrons. The summed E-state index contributed by atoms with van der Waals surface area (Å²) in [6.07, 6.45) is 3.67. The van der Waals surface area contributed by atoms with Crippen LogP contribution >= 0.6 is 0 Å². The number of nitrogens with one attached hydrogen (secondary N) is 4. The Bertz CT molecular complexity index is 161. The van der Waals surface area contributed by atoms with Crippen molar-refractivity contribution in [2.75, 3.05) is 45.8 Å². The van der Waals surface area contributed by atoms with E-state index in [2.05, 4.69) is 44.2 Å². The SMILES string of the molecule is CCC1CCNCCNCCCNCCN1.C[CH2][Mn+].[Cl-]. The molecule has 6 heteroatoms. The molecule has 0 bridgehead atoms. The standard InChI is InChI=1S/C12H28N4.C2H5.ClH.Mn/c1-2-12-4-7-15-9-8-13-5-3-6-14-10-11-16-12;1-2;;/h12-16H,2-11H2,1H3;1H2,2H3;1H;/q;;;+1/p-1. The summed E-state index contributed by atoms with van der Waals surface area (Å²) >= 11 is 3.15. The predicted octanol–water partition coefficient (Wildman–Crippen LogP) is -2.11. The molecular formula is C14H33ClMnN4. The first-order valence-electron chi connectivity index (χ1n) is 7.76. The van der Waals surface area contributed by atoms with Crippen LogP contribution < -0.4 is 33.7 Å². The van der Waals surface area contributed by atoms with Gasteiger partial charge in [-0.05, 0) is 38.9 Å². The van der Waals surface area contributed by atoms with Gasteiger partial charge in [-0.2, -0.15) is 0 Å². The Balaban J connectivity index is 0. The molecule has 0 aliphatic carbocycles. The Labute approximate surface area is 140 Å². The van der Waals surface area contributed by atoms with Crippen molar-refractivity contribution in [2.45, 2.75) is 44.5 Å². The van der Waals surface area contributed by atoms with Gasteiger partial charge in [-0.3, -0.25) is 0 Å². The number of hydrogen-bond acceptors (Lipinski definition) is 4. The van der Waals surface area contributed by atoms with E-state index in [-0.39, 0.29) is 12.4 Å². The summed E-state index contributed by atoms with van der Waals surface area (Å²) in [7, 11) is 0. The van der Waals surface area contributed by atoms with Gasteiger partial charge in [-0.25, -0.2) is 0 Å². The quantitative estimate of drug-likeness (QED) is 0.410. The summed E-state index contributed by atoms with van der Waals surface area (Å²) in [5.74, 6) is 0. The molecule has 0 aromatic heterocycles. The first-order chi connectivity index (χ1) is 9.35. The largest absolute Gasteiger partial charge is 1.00 e. The van der Waals surface area contributed by atoms with Crippen LogP contribution in [0.15, 0.2) is 0 Å². The molecule has 0 spiro atoms. The Morgan fingerprint density at radius 1 is 0.850 bits per heavy atom. The van der Waals surface area contributed by atoms with E-state index in [0.29, 0.717) is 6.04 Å². The first kappa shape index (κ1) is 22.9. The van der Waals surface area contributed by atoms with Crippen molar-refractivity contribution in [3.05, 3.63) is 0 Å². The average molecular weight is 348 g/mol. The molecule has 1 fully saturated rings. The Morgan fingerprint density at radius 3 is 1.90 bits per heavy atom. The van der Waals surface area contributed by atoms with Crippen LogP contribution in [0.1, 0.15) is 33.1 Å². The molecular weight excluding hydrogens is 315 g/mol. The van der Waals surface area contributed by atoms with E-state index < -0.39 is 0 Å². The van der Waals surface area contributed by atoms with Crippen LogP contribution in [0.25, 0.3) is 0 Å². The molecule has 20 heavy (non-hydrogen) atoms. The topological polar surface area (TPSA) is 48.1 Å². The van der Waals surface area contributed by atoms with Crippen molar-refractivity contribution < 1.29 is 28.4 Å². The van der Waals surface area contributed by atoms with Crippen molar-refractivity contribution in [3.8, 4) is 0 Å². The van der Waals surface area contributed by atoms with E-state index in [4.69, 9.17) is 0 Å². The van der Waals surface area contributed by atoms with Gasteiger partial charge in [0.25, 0.3) is 0 Å². The maximum Gasteiger partial charge on any atom is -1.00 e. The molecule has 4 N–H and O–H groups in total. The third-order valence-corrected chi connectivity index (χ3v) is 3.08. The predicted molar refractivity (Wildman–Crippen MR) is 80.4 cm³/mol. The van der Waals surface area contributed by atoms with Gasteiger partial charge in [0, 0.05) is 32.2 Å². The van der Waals surface area contributed by atoms with Gasteiger partial charge in [0.2, 0.25) is 0 Å². The average Bonchev–Trinajstić information content (AvgIpc) is 2.42. The minimum atomic E-state index is 0. The molecule has 1 unspecified atom stereocenters. The first-order valence-corrected chi connectivity index (χ1v) is 8.60. The smallest absolute Gasteiger partial charge is 1.00 e. The van der Waals surface area contributed by atoms with Crippen molar-refractivity contribution in [1.29, 1.82) is 0 Å². The van der Waals surface area contributed by atoms with Crippen LogP contribution in [-0.4, -0.2) is 51.9 Å². The van der Waals surface area contributed by atoms with Gasteiger partial charge < -0.3 is 33.7 Å². The second-order valence-electron chi connectivity index (χ2n) is 4.72. The summed E-state index contributed by atoms with van der Waals surface area (Å²) in [4.78, 5) is 0. The fraction of sp³-hybridized carbons (Fsp3) is 1.00. The monoisotopic (exact) mass is 347 g/mol. The van der Waals surface area contributed by atoms with E-state index in [0.717, 1.165) is 51.1 Å². The van der Waals surface area contributed by atoms with E-state index >= 15 is 0 Å². The summed E-state index contributed by atoms with van der Waals surface area (Å²) in [6.45, 7) is 12.0. The summed E-state index contributed by atoms with van der Waals surface area (Å²) in [6, 6.07) is 0.671. The molecule has 1 aliphatic rings. The summed E-state index contributed by atoms with van der Waals surface area (Å²) in [5, 5.41) is 15.1. The van der Waals surface area contributed by atoms with E-state index in [1.807, 2.05) is 6.92 Å². The molecule has 0 amide bonds. The van der Waals surface area contributed by atoms with Gasteiger partial charge >= 0.3 is 28.3 Å². The molecule has 4 nitrogen and oxygen atoms in total. The van der Waals surface area contributed by atoms with Crippen molar-refractivity contribution in [3.63, 3.8) is 0 Å². The molecule has 1 saturated heterocycles. The fourth-order valence-corrected chi connectivity index (χ4v) is 1.98. The zero-order valence-corrected chi connectivity index (χ0v) is 15.0. The third kappa shape index (κ3) is 16.7. The van der Waals surface area contributed by atoms with Crippen LogP contribution in [0.4, 0.5) is 0 Å². The molecule has 1 heterocycles. The Morgan fingerprint density at radius 2 is 1.35 bits per heavy atom. The number of hydrogen-bond donors (Lipinski definition) is 4. The number of rotatable bonds is 1. The van der Waals surface area contributed by atoms with Crippen molar-refractivity contribution >= 4 is 0 Å². The molecule has 0 aromatic rings. The zero-order chi connectivity index (χ0) is 14.2. The van der Waals surface area contributed by atoms with Gasteiger partial charge in [0.05, 0.1) is 0 Å². The summed E-state index contributed by atoms with van der Waals surface area (Å²) < 4.78 is 0. The van der Waals surface area contributed by atoms with E-state index in [1.54, 1.807) is 0 Å². The maximum absolute atomic E-state index is 3.61. The van der Waals surface area contributed by atoms with Crippen molar-refractivity contribution in [2.24, 2.45) is 0 Å². The minimum Gasteiger partial charge on any atom is -1.00 e. The Hall–Kier alpha value is 0.649. The van der Waals surface area contributed by atoms with Gasteiger partial charge in [-0.1, -0.05) is 6.92 Å². The molecule has 1 rings (SSSR count). The van der Waals surface area contributed by atoms with Crippen LogP contribution in [0.3, 0.4) is 0 Å². The van der Waals surface area contributed by atoms with Gasteiger partial charge in [-0.15, -0.1) is 0 Å². The van der Waals surface area contributed by atoms with E-state index in [1.165, 1.54) is 19.3 Å². The molecule has 0 saturated carbocycles. The summed E-state index contributed by atoms with van der Waals surface area (Å²) in [5.41, 5.74) is 0. The molecule has 0 aromatic carbocycles. The van der Waals surface area contributed by atoms with Gasteiger partial charge in [0.1, 0.15) is 0 Å². The molecule has 1 aliphatic heterocycles. The van der Waals surface area contributed by atoms with E-state index in [9.17, 15) is 0 Å². The second-order valence-corrected chi connectivity index (χ2v) is 5.55. The fourth-order valence-electron chi connectivity index (χ4n) is 1.98. The van der Waals surface area contributed by atoms with Gasteiger partial charge in [0.15, 0.2) is 0 Å². The van der Waals surface area contributed by atoms with Crippen LogP contribution in [-0.2, 0) is 16.0 Å². The third-order valence-electron chi connectivity index (χ3n) is 3.08. The molecule has 1 atom stereocenters. The zero-order valence-electron chi connectivity index (χ0n) is 13.1. The van der Waals surface area contributed by atoms with Crippen LogP contribution in [0, 0.1) is 0 Å². The number of halogens is 1. The van der Waals surface area contributed by atoms with Crippen molar-refractivity contribution in [1.82, 2.24) is 21.3 Å². The van der Waals surface area contributed by atoms with Crippen LogP contribution in [0.2, 0.25) is 5.32 Å². The minimum absolute atomic E-state index is 0. The van der Waals surface area contributed by atoms with Crippen LogP contribution in [0.5, 0.6) is 0 Å². The Kier molecular flexibility index (Phi) is 22.5. The molecule has 0 radical (unpaired) electrons. The normalized spacial score (nSPS) is 22.6. The maximum atomic E-state index is 3.61. The second kappa shape index (κ2) is 19.6.